The summed E-state index contributed by atoms with van der Waals surface area (Å²) in [7, 11) is -3.67. The first kappa shape index (κ1) is 14.8. The second-order valence-corrected chi connectivity index (χ2v) is 6.73. The number of hydrogen-bond donors (Lipinski definition) is 3. The topological polar surface area (TPSA) is 92.4 Å². The van der Waals surface area contributed by atoms with Gasteiger partial charge in [-0.2, -0.15) is 0 Å². The van der Waals surface area contributed by atoms with Gasteiger partial charge in [-0.25, -0.2) is 13.1 Å². The lowest BCUT2D eigenvalue weighted by molar-refractivity contribution is 0.467. The van der Waals surface area contributed by atoms with Crippen molar-refractivity contribution in [2.75, 3.05) is 5.73 Å². The maximum Gasteiger partial charge on any atom is 0.241 e. The quantitative estimate of drug-likeness (QED) is 0.578. The Balaban J connectivity index is 2.22. The zero-order valence-corrected chi connectivity index (χ0v) is 12.8. The molecule has 0 atom stereocenters. The van der Waals surface area contributed by atoms with Crippen molar-refractivity contribution in [1.29, 1.82) is 0 Å². The first-order valence-electron chi connectivity index (χ1n) is 5.72. The van der Waals surface area contributed by atoms with Gasteiger partial charge in [-0.3, -0.25) is 0 Å². The van der Waals surface area contributed by atoms with Gasteiger partial charge >= 0.3 is 0 Å². The molecule has 106 valence electrons. The minimum absolute atomic E-state index is 0.00553. The van der Waals surface area contributed by atoms with Crippen molar-refractivity contribution >= 4 is 31.6 Å². The van der Waals surface area contributed by atoms with E-state index < -0.39 is 10.0 Å². The van der Waals surface area contributed by atoms with E-state index in [2.05, 4.69) is 20.7 Å². The normalized spacial score (nSPS) is 11.4. The highest BCUT2D eigenvalue weighted by molar-refractivity contribution is 9.10. The van der Waals surface area contributed by atoms with Gasteiger partial charge in [0, 0.05) is 22.3 Å². The van der Waals surface area contributed by atoms with E-state index in [1.807, 2.05) is 0 Å². The van der Waals surface area contributed by atoms with Gasteiger partial charge in [0.05, 0.1) is 4.90 Å². The summed E-state index contributed by atoms with van der Waals surface area (Å²) in [5.41, 5.74) is 6.48. The average molecular weight is 357 g/mol. The number of aromatic hydroxyl groups is 1. The lowest BCUT2D eigenvalue weighted by atomic mass is 10.2. The van der Waals surface area contributed by atoms with E-state index >= 15 is 0 Å². The van der Waals surface area contributed by atoms with E-state index in [4.69, 9.17) is 5.73 Å². The number of phenolic OH excluding ortho intramolecular Hbond substituents is 1. The second kappa shape index (κ2) is 5.82. The zero-order valence-electron chi connectivity index (χ0n) is 10.4. The number of phenols is 1. The molecule has 0 heterocycles. The maximum atomic E-state index is 12.2. The van der Waals surface area contributed by atoms with Crippen molar-refractivity contribution in [2.24, 2.45) is 0 Å². The van der Waals surface area contributed by atoms with Crippen LogP contribution in [0.2, 0.25) is 0 Å². The molecule has 0 aliphatic carbocycles. The van der Waals surface area contributed by atoms with Gasteiger partial charge in [0.1, 0.15) is 5.75 Å². The molecule has 0 radical (unpaired) electrons. The van der Waals surface area contributed by atoms with Gasteiger partial charge in [-0.1, -0.05) is 12.1 Å². The summed E-state index contributed by atoms with van der Waals surface area (Å²) >= 11 is 3.20. The van der Waals surface area contributed by atoms with Crippen LogP contribution >= 0.6 is 15.9 Å². The lowest BCUT2D eigenvalue weighted by Crippen LogP contribution is -2.23. The van der Waals surface area contributed by atoms with E-state index in [1.165, 1.54) is 18.2 Å². The van der Waals surface area contributed by atoms with Gasteiger partial charge in [0.15, 0.2) is 0 Å². The lowest BCUT2D eigenvalue weighted by Gasteiger charge is -2.10. The Bertz CT molecular complexity index is 732. The van der Waals surface area contributed by atoms with E-state index in [0.717, 1.165) is 0 Å². The molecule has 0 saturated heterocycles. The highest BCUT2D eigenvalue weighted by atomic mass is 79.9. The number of benzene rings is 2. The Morgan fingerprint density at radius 2 is 1.90 bits per heavy atom. The van der Waals surface area contributed by atoms with E-state index in [-0.39, 0.29) is 17.2 Å². The largest absolute Gasteiger partial charge is 0.508 e. The van der Waals surface area contributed by atoms with E-state index in [0.29, 0.717) is 15.7 Å². The SMILES string of the molecule is Nc1ccc(O)c(CNS(=O)(=O)c2ccccc2Br)c1. The number of sulfonamides is 1. The molecule has 2 aromatic carbocycles. The van der Waals surface area contributed by atoms with Gasteiger partial charge in [-0.05, 0) is 46.3 Å². The third kappa shape index (κ3) is 3.30. The maximum absolute atomic E-state index is 12.2. The monoisotopic (exact) mass is 356 g/mol. The van der Waals surface area contributed by atoms with Crippen LogP contribution in [0.4, 0.5) is 5.69 Å². The molecule has 0 amide bonds. The molecule has 0 aliphatic rings. The number of nitrogens with two attached hydrogens (primary N) is 1. The fraction of sp³-hybridized carbons (Fsp3) is 0.0769. The van der Waals surface area contributed by atoms with Crippen LogP contribution in [-0.4, -0.2) is 13.5 Å². The molecule has 20 heavy (non-hydrogen) atoms. The molecule has 0 fully saturated rings. The summed E-state index contributed by atoms with van der Waals surface area (Å²) in [5, 5.41) is 9.66. The number of nitrogen functional groups attached to an aromatic ring is 1. The van der Waals surface area contributed by atoms with Crippen molar-refractivity contribution in [1.82, 2.24) is 4.72 Å². The summed E-state index contributed by atoms with van der Waals surface area (Å²) < 4.78 is 27.2. The number of anilines is 1. The minimum Gasteiger partial charge on any atom is -0.508 e. The first-order chi connectivity index (χ1) is 9.40. The van der Waals surface area contributed by atoms with Crippen LogP contribution in [0.1, 0.15) is 5.56 Å². The molecule has 0 aromatic heterocycles. The Hall–Kier alpha value is -1.57. The van der Waals surface area contributed by atoms with Crippen LogP contribution in [0.15, 0.2) is 51.8 Å². The van der Waals surface area contributed by atoms with Gasteiger partial charge < -0.3 is 10.8 Å². The summed E-state index contributed by atoms with van der Waals surface area (Å²) in [6.45, 7) is -0.0411. The van der Waals surface area contributed by atoms with Gasteiger partial charge in [0.2, 0.25) is 10.0 Å². The van der Waals surface area contributed by atoms with Crippen molar-refractivity contribution < 1.29 is 13.5 Å². The van der Waals surface area contributed by atoms with Crippen LogP contribution in [0, 0.1) is 0 Å². The second-order valence-electron chi connectivity index (χ2n) is 4.14. The molecule has 0 aliphatic heterocycles. The molecular weight excluding hydrogens is 344 g/mol. The standard InChI is InChI=1S/C13H13BrN2O3S/c14-11-3-1-2-4-13(11)20(18,19)16-8-9-7-10(15)5-6-12(9)17/h1-7,16-17H,8,15H2. The third-order valence-electron chi connectivity index (χ3n) is 2.68. The molecule has 0 unspecified atom stereocenters. The number of nitrogens with one attached hydrogen (secondary N) is 1. The summed E-state index contributed by atoms with van der Waals surface area (Å²) in [6.07, 6.45) is 0. The van der Waals surface area contributed by atoms with Crippen LogP contribution in [0.25, 0.3) is 0 Å². The average Bonchev–Trinajstić information content (AvgIpc) is 2.40. The van der Waals surface area contributed by atoms with Crippen LogP contribution in [0.5, 0.6) is 5.75 Å². The zero-order chi connectivity index (χ0) is 14.8. The Morgan fingerprint density at radius 1 is 1.20 bits per heavy atom. The Morgan fingerprint density at radius 3 is 2.60 bits per heavy atom. The molecule has 0 bridgehead atoms. The van der Waals surface area contributed by atoms with Crippen molar-refractivity contribution in [3.05, 3.63) is 52.5 Å². The van der Waals surface area contributed by atoms with E-state index in [9.17, 15) is 13.5 Å². The number of hydrogen-bond acceptors (Lipinski definition) is 4. The van der Waals surface area contributed by atoms with Crippen molar-refractivity contribution in [2.45, 2.75) is 11.4 Å². The molecule has 2 rings (SSSR count). The summed E-state index contributed by atoms with van der Waals surface area (Å²) in [4.78, 5) is 0.142. The predicted molar refractivity (Wildman–Crippen MR) is 80.7 cm³/mol. The molecule has 4 N–H and O–H groups in total. The van der Waals surface area contributed by atoms with E-state index in [1.54, 1.807) is 24.3 Å². The van der Waals surface area contributed by atoms with Crippen molar-refractivity contribution in [3.63, 3.8) is 0 Å². The predicted octanol–water partition coefficient (Wildman–Crippen LogP) is 2.22. The highest BCUT2D eigenvalue weighted by Crippen LogP contribution is 2.23. The Kier molecular flexibility index (Phi) is 4.32. The van der Waals surface area contributed by atoms with Gasteiger partial charge in [-0.15, -0.1) is 0 Å². The molecule has 2 aromatic rings. The highest BCUT2D eigenvalue weighted by Gasteiger charge is 2.17. The minimum atomic E-state index is -3.67. The third-order valence-corrected chi connectivity index (χ3v) is 5.10. The van der Waals surface area contributed by atoms with Crippen LogP contribution in [0.3, 0.4) is 0 Å². The molecule has 0 spiro atoms. The fourth-order valence-corrected chi connectivity index (χ4v) is 3.67. The van der Waals surface area contributed by atoms with Crippen molar-refractivity contribution in [3.8, 4) is 5.75 Å². The summed E-state index contributed by atoms with van der Waals surface area (Å²) in [6, 6.07) is 11.0. The van der Waals surface area contributed by atoms with Gasteiger partial charge in [0.25, 0.3) is 0 Å². The fourth-order valence-electron chi connectivity index (χ4n) is 1.66. The number of halogens is 1. The number of rotatable bonds is 4. The smallest absolute Gasteiger partial charge is 0.241 e. The molecule has 0 saturated carbocycles. The van der Waals surface area contributed by atoms with Crippen LogP contribution in [-0.2, 0) is 16.6 Å². The molecule has 7 heteroatoms. The molecular formula is C13H13BrN2O3S. The first-order valence-corrected chi connectivity index (χ1v) is 7.99. The van der Waals surface area contributed by atoms with Crippen LogP contribution < -0.4 is 10.5 Å². The Labute approximate surface area is 125 Å². The molecule has 5 nitrogen and oxygen atoms in total. The summed E-state index contributed by atoms with van der Waals surface area (Å²) in [5.74, 6) is -0.00553.